The van der Waals surface area contributed by atoms with Crippen LogP contribution in [-0.2, 0) is 16.4 Å². The van der Waals surface area contributed by atoms with Gasteiger partial charge < -0.3 is 0 Å². The third-order valence-electron chi connectivity index (χ3n) is 4.17. The first-order valence-electron chi connectivity index (χ1n) is 7.76. The second-order valence-corrected chi connectivity index (χ2v) is 7.85. The van der Waals surface area contributed by atoms with Gasteiger partial charge in [0.25, 0.3) is 0 Å². The predicted octanol–water partition coefficient (Wildman–Crippen LogP) is 3.81. The Labute approximate surface area is 133 Å². The summed E-state index contributed by atoms with van der Waals surface area (Å²) in [4.78, 5) is 0.408. The monoisotopic (exact) mass is 329 g/mol. The van der Waals surface area contributed by atoms with E-state index in [0.29, 0.717) is 17.3 Å². The van der Waals surface area contributed by atoms with E-state index in [0.717, 1.165) is 44.1 Å². The van der Waals surface area contributed by atoms with Crippen molar-refractivity contribution in [2.75, 3.05) is 12.4 Å². The molecule has 1 saturated carbocycles. The highest BCUT2D eigenvalue weighted by atomic mass is 35.5. The Morgan fingerprint density at radius 2 is 1.81 bits per heavy atom. The SMILES string of the molecule is CCN(C1CCCC1)S(=O)(=O)c1ccc(CCCCl)cc1. The predicted molar refractivity (Wildman–Crippen MR) is 87.3 cm³/mol. The van der Waals surface area contributed by atoms with Gasteiger partial charge >= 0.3 is 0 Å². The minimum Gasteiger partial charge on any atom is -0.207 e. The van der Waals surface area contributed by atoms with E-state index in [1.165, 1.54) is 0 Å². The van der Waals surface area contributed by atoms with Crippen molar-refractivity contribution >= 4 is 21.6 Å². The van der Waals surface area contributed by atoms with Crippen molar-refractivity contribution in [3.8, 4) is 0 Å². The van der Waals surface area contributed by atoms with Gasteiger partial charge in [0.2, 0.25) is 10.0 Å². The number of alkyl halides is 1. The summed E-state index contributed by atoms with van der Waals surface area (Å²) in [6.45, 7) is 2.46. The van der Waals surface area contributed by atoms with E-state index in [9.17, 15) is 8.42 Å². The van der Waals surface area contributed by atoms with Crippen molar-refractivity contribution in [2.24, 2.45) is 0 Å². The first-order valence-corrected chi connectivity index (χ1v) is 9.73. The largest absolute Gasteiger partial charge is 0.243 e. The average Bonchev–Trinajstić information content (AvgIpc) is 3.00. The summed E-state index contributed by atoms with van der Waals surface area (Å²) < 4.78 is 27.2. The maximum absolute atomic E-state index is 12.8. The maximum Gasteiger partial charge on any atom is 0.243 e. The second kappa shape index (κ2) is 7.61. The third-order valence-corrected chi connectivity index (χ3v) is 6.48. The Kier molecular flexibility index (Phi) is 6.08. The van der Waals surface area contributed by atoms with E-state index in [-0.39, 0.29) is 6.04 Å². The molecule has 21 heavy (non-hydrogen) atoms. The summed E-state index contributed by atoms with van der Waals surface area (Å²) >= 11 is 5.69. The molecule has 1 aromatic carbocycles. The van der Waals surface area contributed by atoms with Crippen LogP contribution in [-0.4, -0.2) is 31.2 Å². The molecule has 2 rings (SSSR count). The lowest BCUT2D eigenvalue weighted by Gasteiger charge is -2.26. The molecule has 118 valence electrons. The molecule has 0 spiro atoms. The van der Waals surface area contributed by atoms with Crippen molar-refractivity contribution in [3.05, 3.63) is 29.8 Å². The summed E-state index contributed by atoms with van der Waals surface area (Å²) in [6.07, 6.45) is 6.05. The van der Waals surface area contributed by atoms with Crippen LogP contribution in [0.15, 0.2) is 29.2 Å². The molecule has 5 heteroatoms. The van der Waals surface area contributed by atoms with Crippen LogP contribution < -0.4 is 0 Å². The van der Waals surface area contributed by atoms with Crippen molar-refractivity contribution < 1.29 is 8.42 Å². The fourth-order valence-electron chi connectivity index (χ4n) is 3.05. The molecule has 3 nitrogen and oxygen atoms in total. The van der Waals surface area contributed by atoms with Crippen LogP contribution in [0.4, 0.5) is 0 Å². The Hall–Kier alpha value is -0.580. The van der Waals surface area contributed by atoms with E-state index >= 15 is 0 Å². The fourth-order valence-corrected chi connectivity index (χ4v) is 4.88. The van der Waals surface area contributed by atoms with Crippen molar-refractivity contribution in [2.45, 2.75) is 56.4 Å². The second-order valence-electron chi connectivity index (χ2n) is 5.58. The number of hydrogen-bond donors (Lipinski definition) is 0. The van der Waals surface area contributed by atoms with Crippen molar-refractivity contribution in [1.29, 1.82) is 0 Å². The summed E-state index contributed by atoms with van der Waals surface area (Å²) in [5.74, 6) is 0.630. The zero-order chi connectivity index (χ0) is 15.3. The van der Waals surface area contributed by atoms with Crippen LogP contribution >= 0.6 is 11.6 Å². The molecule has 0 saturated heterocycles. The smallest absolute Gasteiger partial charge is 0.207 e. The Bertz CT molecular complexity index is 536. The number of halogens is 1. The molecule has 0 bridgehead atoms. The van der Waals surface area contributed by atoms with Gasteiger partial charge in [0.1, 0.15) is 0 Å². The Morgan fingerprint density at radius 3 is 2.33 bits per heavy atom. The van der Waals surface area contributed by atoms with Crippen LogP contribution in [0.25, 0.3) is 0 Å². The Balaban J connectivity index is 2.17. The number of sulfonamides is 1. The number of hydrogen-bond acceptors (Lipinski definition) is 2. The van der Waals surface area contributed by atoms with Crippen LogP contribution in [0.3, 0.4) is 0 Å². The lowest BCUT2D eigenvalue weighted by Crippen LogP contribution is -2.38. The zero-order valence-electron chi connectivity index (χ0n) is 12.6. The summed E-state index contributed by atoms with van der Waals surface area (Å²) in [5, 5.41) is 0. The molecule has 0 aliphatic heterocycles. The number of rotatable bonds is 7. The van der Waals surface area contributed by atoms with Gasteiger partial charge in [0.05, 0.1) is 4.90 Å². The van der Waals surface area contributed by atoms with Gasteiger partial charge in [-0.25, -0.2) is 8.42 Å². The van der Waals surface area contributed by atoms with E-state index < -0.39 is 10.0 Å². The minimum atomic E-state index is -3.36. The molecule has 1 aliphatic carbocycles. The molecule has 1 fully saturated rings. The van der Waals surface area contributed by atoms with E-state index in [2.05, 4.69) is 0 Å². The van der Waals surface area contributed by atoms with Gasteiger partial charge in [0.15, 0.2) is 0 Å². The van der Waals surface area contributed by atoms with E-state index in [4.69, 9.17) is 11.6 Å². The van der Waals surface area contributed by atoms with Crippen LogP contribution in [0.1, 0.15) is 44.6 Å². The molecule has 1 aliphatic rings. The third kappa shape index (κ3) is 3.99. The lowest BCUT2D eigenvalue weighted by atomic mass is 10.1. The minimum absolute atomic E-state index is 0.177. The number of nitrogens with zero attached hydrogens (tertiary/aromatic N) is 1. The maximum atomic E-state index is 12.8. The van der Waals surface area contributed by atoms with E-state index in [1.807, 2.05) is 19.1 Å². The van der Waals surface area contributed by atoms with Gasteiger partial charge in [-0.1, -0.05) is 31.9 Å². The molecule has 1 aromatic rings. The molecule has 0 unspecified atom stereocenters. The topological polar surface area (TPSA) is 37.4 Å². The Morgan fingerprint density at radius 1 is 1.19 bits per heavy atom. The van der Waals surface area contributed by atoms with E-state index in [1.54, 1.807) is 16.4 Å². The highest BCUT2D eigenvalue weighted by molar-refractivity contribution is 7.89. The van der Waals surface area contributed by atoms with Gasteiger partial charge in [-0.2, -0.15) is 4.31 Å². The fraction of sp³-hybridized carbons (Fsp3) is 0.625. The van der Waals surface area contributed by atoms with Crippen molar-refractivity contribution in [3.63, 3.8) is 0 Å². The summed E-state index contributed by atoms with van der Waals surface area (Å²) in [5.41, 5.74) is 1.14. The van der Waals surface area contributed by atoms with Crippen LogP contribution in [0, 0.1) is 0 Å². The first kappa shape index (κ1) is 16.8. The molecule has 0 N–H and O–H groups in total. The molecule has 0 aromatic heterocycles. The standard InChI is InChI=1S/C16H24ClNO2S/c1-2-18(15-7-3-4-8-15)21(19,20)16-11-9-14(10-12-16)6-5-13-17/h9-12,15H,2-8,13H2,1H3. The molecule has 0 radical (unpaired) electrons. The average molecular weight is 330 g/mol. The molecular weight excluding hydrogens is 306 g/mol. The molecule has 0 amide bonds. The highest BCUT2D eigenvalue weighted by Crippen LogP contribution is 2.28. The molecular formula is C16H24ClNO2S. The lowest BCUT2D eigenvalue weighted by molar-refractivity contribution is 0.335. The highest BCUT2D eigenvalue weighted by Gasteiger charge is 2.31. The van der Waals surface area contributed by atoms with Crippen LogP contribution in [0.5, 0.6) is 0 Å². The summed E-state index contributed by atoms with van der Waals surface area (Å²) in [7, 11) is -3.36. The summed E-state index contributed by atoms with van der Waals surface area (Å²) in [6, 6.07) is 7.45. The number of benzene rings is 1. The van der Waals surface area contributed by atoms with Gasteiger partial charge in [-0.3, -0.25) is 0 Å². The van der Waals surface area contributed by atoms with Gasteiger partial charge in [0, 0.05) is 18.5 Å². The normalized spacial score (nSPS) is 16.7. The molecule has 0 heterocycles. The van der Waals surface area contributed by atoms with Crippen LogP contribution in [0.2, 0.25) is 0 Å². The van der Waals surface area contributed by atoms with Gasteiger partial charge in [-0.05, 0) is 43.4 Å². The number of aryl methyl sites for hydroxylation is 1. The molecule has 0 atom stereocenters. The quantitative estimate of drug-likeness (QED) is 0.713. The van der Waals surface area contributed by atoms with Gasteiger partial charge in [-0.15, -0.1) is 11.6 Å². The zero-order valence-corrected chi connectivity index (χ0v) is 14.2. The van der Waals surface area contributed by atoms with Crippen molar-refractivity contribution in [1.82, 2.24) is 4.31 Å². The first-order chi connectivity index (χ1) is 10.1.